The van der Waals surface area contributed by atoms with Gasteiger partial charge in [-0.25, -0.2) is 0 Å². The lowest BCUT2D eigenvalue weighted by Crippen LogP contribution is -2.39. The molecule has 2 atom stereocenters. The zero-order valence-electron chi connectivity index (χ0n) is 10.5. The minimum absolute atomic E-state index is 0.0268. The highest BCUT2D eigenvalue weighted by Gasteiger charge is 2.31. The number of hydrogen-bond acceptors (Lipinski definition) is 4. The third kappa shape index (κ3) is 2.92. The van der Waals surface area contributed by atoms with E-state index in [1.54, 1.807) is 0 Å². The fraction of sp³-hybridized carbons (Fsp3) is 0.917. The van der Waals surface area contributed by atoms with Crippen molar-refractivity contribution in [1.29, 1.82) is 0 Å². The van der Waals surface area contributed by atoms with Crippen LogP contribution >= 0.6 is 11.8 Å². The van der Waals surface area contributed by atoms with Crippen LogP contribution in [-0.4, -0.2) is 35.7 Å². The van der Waals surface area contributed by atoms with E-state index in [-0.39, 0.29) is 5.60 Å². The van der Waals surface area contributed by atoms with Gasteiger partial charge in [0.25, 0.3) is 0 Å². The number of nitrogens with one attached hydrogen (secondary N) is 1. The lowest BCUT2D eigenvalue weighted by atomic mass is 10.0. The van der Waals surface area contributed by atoms with E-state index in [2.05, 4.69) is 31.1 Å². The summed E-state index contributed by atoms with van der Waals surface area (Å²) >= 11 is 1.88. The first-order chi connectivity index (χ1) is 7.59. The second-order valence-corrected chi connectivity index (χ2v) is 6.53. The molecule has 4 heteroatoms. The van der Waals surface area contributed by atoms with Gasteiger partial charge in [0, 0.05) is 18.4 Å². The molecule has 2 heterocycles. The summed E-state index contributed by atoms with van der Waals surface area (Å²) in [4.78, 5) is 4.54. The number of ether oxygens (including phenoxy) is 1. The van der Waals surface area contributed by atoms with Gasteiger partial charge in [0.05, 0.1) is 12.1 Å². The minimum atomic E-state index is 0.0268. The zero-order valence-corrected chi connectivity index (χ0v) is 11.3. The Hall–Kier alpha value is -0.220. The third-order valence-electron chi connectivity index (χ3n) is 3.34. The molecule has 3 nitrogen and oxygen atoms in total. The van der Waals surface area contributed by atoms with Gasteiger partial charge in [-0.05, 0) is 25.7 Å². The fourth-order valence-electron chi connectivity index (χ4n) is 2.07. The van der Waals surface area contributed by atoms with Gasteiger partial charge in [0.15, 0.2) is 5.17 Å². The Bertz CT molecular complexity index is 272. The fourth-order valence-corrected chi connectivity index (χ4v) is 3.09. The van der Waals surface area contributed by atoms with Crippen molar-refractivity contribution in [1.82, 2.24) is 5.32 Å². The molecule has 2 unspecified atom stereocenters. The van der Waals surface area contributed by atoms with E-state index in [0.29, 0.717) is 11.2 Å². The smallest absolute Gasteiger partial charge is 0.157 e. The number of aliphatic imine (C=N–C) groups is 1. The van der Waals surface area contributed by atoms with Crippen LogP contribution in [0.1, 0.15) is 33.6 Å². The van der Waals surface area contributed by atoms with Crippen LogP contribution in [0, 0.1) is 5.92 Å². The van der Waals surface area contributed by atoms with E-state index in [0.717, 1.165) is 31.3 Å². The molecule has 1 saturated heterocycles. The van der Waals surface area contributed by atoms with Crippen LogP contribution in [-0.2, 0) is 4.74 Å². The average molecular weight is 242 g/mol. The number of amidine groups is 1. The van der Waals surface area contributed by atoms with Crippen LogP contribution < -0.4 is 5.32 Å². The lowest BCUT2D eigenvalue weighted by molar-refractivity contribution is 0.0246. The van der Waals surface area contributed by atoms with E-state index in [9.17, 15) is 0 Å². The Kier molecular flexibility index (Phi) is 3.80. The first-order valence-corrected chi connectivity index (χ1v) is 7.06. The number of hydrogen-bond donors (Lipinski definition) is 1. The summed E-state index contributed by atoms with van der Waals surface area (Å²) < 4.78 is 5.75. The normalized spacial score (nSPS) is 34.5. The Labute approximate surface area is 102 Å². The van der Waals surface area contributed by atoms with Crippen molar-refractivity contribution in [3.63, 3.8) is 0 Å². The predicted octanol–water partition coefficient (Wildman–Crippen LogP) is 2.27. The van der Waals surface area contributed by atoms with Crippen LogP contribution in [0.2, 0.25) is 0 Å². The molecule has 0 amide bonds. The van der Waals surface area contributed by atoms with E-state index in [4.69, 9.17) is 4.74 Å². The molecule has 0 spiro atoms. The van der Waals surface area contributed by atoms with Gasteiger partial charge in [-0.1, -0.05) is 25.6 Å². The van der Waals surface area contributed by atoms with Crippen molar-refractivity contribution in [3.05, 3.63) is 0 Å². The summed E-state index contributed by atoms with van der Waals surface area (Å²) in [5, 5.41) is 5.20. The van der Waals surface area contributed by atoms with Crippen LogP contribution in [0.5, 0.6) is 0 Å². The summed E-state index contributed by atoms with van der Waals surface area (Å²) in [5.41, 5.74) is 0.0268. The molecule has 16 heavy (non-hydrogen) atoms. The largest absolute Gasteiger partial charge is 0.373 e. The molecule has 0 aromatic heterocycles. The molecule has 92 valence electrons. The molecule has 2 rings (SSSR count). The van der Waals surface area contributed by atoms with Crippen LogP contribution in [0.4, 0.5) is 0 Å². The summed E-state index contributed by atoms with van der Waals surface area (Å²) in [5.74, 6) is 0.700. The van der Waals surface area contributed by atoms with Gasteiger partial charge >= 0.3 is 0 Å². The van der Waals surface area contributed by atoms with Crippen LogP contribution in [0.25, 0.3) is 0 Å². The van der Waals surface area contributed by atoms with Crippen molar-refractivity contribution < 1.29 is 4.74 Å². The van der Waals surface area contributed by atoms with Crippen LogP contribution in [0.15, 0.2) is 4.99 Å². The highest BCUT2D eigenvalue weighted by Crippen LogP contribution is 2.28. The maximum absolute atomic E-state index is 5.75. The minimum Gasteiger partial charge on any atom is -0.373 e. The molecule has 0 radical (unpaired) electrons. The summed E-state index contributed by atoms with van der Waals surface area (Å²) in [6, 6.07) is 0. The number of nitrogens with zero attached hydrogens (tertiary/aromatic N) is 1. The Morgan fingerprint density at radius 1 is 1.62 bits per heavy atom. The first-order valence-electron chi connectivity index (χ1n) is 6.18. The number of thioether (sulfide) groups is 1. The molecule has 1 N–H and O–H groups in total. The highest BCUT2D eigenvalue weighted by molar-refractivity contribution is 8.14. The quantitative estimate of drug-likeness (QED) is 0.824. The summed E-state index contributed by atoms with van der Waals surface area (Å²) in [6.07, 6.45) is 2.35. The summed E-state index contributed by atoms with van der Waals surface area (Å²) in [6.45, 7) is 9.47. The van der Waals surface area contributed by atoms with Crippen molar-refractivity contribution in [3.8, 4) is 0 Å². The Morgan fingerprint density at radius 3 is 3.00 bits per heavy atom. The molecule has 0 aromatic rings. The highest BCUT2D eigenvalue weighted by atomic mass is 32.2. The predicted molar refractivity (Wildman–Crippen MR) is 70.1 cm³/mol. The molecular formula is C12H22N2OS. The molecule has 0 bridgehead atoms. The maximum Gasteiger partial charge on any atom is 0.157 e. The second kappa shape index (κ2) is 4.96. The van der Waals surface area contributed by atoms with Crippen molar-refractivity contribution in [2.24, 2.45) is 10.9 Å². The maximum atomic E-state index is 5.75. The van der Waals surface area contributed by atoms with Gasteiger partial charge in [0.1, 0.15) is 0 Å². The first kappa shape index (κ1) is 12.2. The number of rotatable bonds is 3. The molecular weight excluding hydrogens is 220 g/mol. The zero-order chi connectivity index (χ0) is 11.6. The van der Waals surface area contributed by atoms with Gasteiger partial charge in [-0.2, -0.15) is 0 Å². The van der Waals surface area contributed by atoms with Crippen molar-refractivity contribution >= 4 is 16.9 Å². The van der Waals surface area contributed by atoms with Gasteiger partial charge in [0.2, 0.25) is 0 Å². The molecule has 2 aliphatic heterocycles. The lowest BCUT2D eigenvalue weighted by Gasteiger charge is -2.24. The van der Waals surface area contributed by atoms with E-state index in [1.165, 1.54) is 6.42 Å². The standard InChI is InChI=1S/C12H22N2OS/c1-9(2)10-7-13-11(16-10)14-8-12(3)5-4-6-15-12/h9-10H,4-8H2,1-3H3,(H,13,14). The molecule has 0 aliphatic carbocycles. The Balaban J connectivity index is 1.75. The van der Waals surface area contributed by atoms with Gasteiger partial charge in [-0.15, -0.1) is 0 Å². The van der Waals surface area contributed by atoms with Gasteiger partial charge < -0.3 is 10.1 Å². The van der Waals surface area contributed by atoms with E-state index < -0.39 is 0 Å². The van der Waals surface area contributed by atoms with Crippen molar-refractivity contribution in [2.75, 3.05) is 19.7 Å². The van der Waals surface area contributed by atoms with Crippen molar-refractivity contribution in [2.45, 2.75) is 44.5 Å². The van der Waals surface area contributed by atoms with E-state index in [1.807, 2.05) is 11.8 Å². The average Bonchev–Trinajstić information content (AvgIpc) is 2.84. The SMILES string of the molecule is CC(C)C1CN=C(NCC2(C)CCCO2)S1. The molecule has 1 fully saturated rings. The molecule has 0 saturated carbocycles. The second-order valence-electron chi connectivity index (χ2n) is 5.30. The topological polar surface area (TPSA) is 33.6 Å². The van der Waals surface area contributed by atoms with Gasteiger partial charge in [-0.3, -0.25) is 4.99 Å². The van der Waals surface area contributed by atoms with Crippen LogP contribution in [0.3, 0.4) is 0 Å². The molecule has 0 aromatic carbocycles. The third-order valence-corrected chi connectivity index (χ3v) is 4.83. The van der Waals surface area contributed by atoms with E-state index >= 15 is 0 Å². The Morgan fingerprint density at radius 2 is 2.44 bits per heavy atom. The summed E-state index contributed by atoms with van der Waals surface area (Å²) in [7, 11) is 0. The molecule has 2 aliphatic rings. The monoisotopic (exact) mass is 242 g/mol.